The molecule has 4 nitrogen and oxygen atoms in total. The lowest BCUT2D eigenvalue weighted by atomic mass is 10.1. The van der Waals surface area contributed by atoms with Gasteiger partial charge in [-0.15, -0.1) is 0 Å². The van der Waals surface area contributed by atoms with Gasteiger partial charge in [0, 0.05) is 18.7 Å². The first-order valence-corrected chi connectivity index (χ1v) is 12.1. The predicted octanol–water partition coefficient (Wildman–Crippen LogP) is 3.40. The molecule has 0 aliphatic heterocycles. The first-order valence-electron chi connectivity index (χ1n) is 11.8. The zero-order chi connectivity index (χ0) is 22.3. The Morgan fingerprint density at radius 2 is 1.62 bits per heavy atom. The fraction of sp³-hybridized carbons (Fsp3) is 0.538. The summed E-state index contributed by atoms with van der Waals surface area (Å²) < 4.78 is 7.65. The van der Waals surface area contributed by atoms with E-state index in [1.807, 2.05) is 43.6 Å². The fourth-order valence-electron chi connectivity index (χ4n) is 3.58. The highest BCUT2D eigenvalue weighted by Gasteiger charge is 2.15. The largest absolute Gasteiger partial charge is 1.00 e. The highest BCUT2D eigenvalue weighted by atomic mass is 127. The molecule has 1 heterocycles. The van der Waals surface area contributed by atoms with E-state index in [9.17, 15) is 4.79 Å². The van der Waals surface area contributed by atoms with Crippen LogP contribution in [0.2, 0.25) is 5.02 Å². The number of amides is 1. The van der Waals surface area contributed by atoms with Crippen molar-refractivity contribution in [3.8, 4) is 5.75 Å². The highest BCUT2D eigenvalue weighted by molar-refractivity contribution is 6.32. The van der Waals surface area contributed by atoms with E-state index in [0.29, 0.717) is 29.6 Å². The Labute approximate surface area is 216 Å². The van der Waals surface area contributed by atoms with E-state index in [0.717, 1.165) is 12.0 Å². The second-order valence-electron chi connectivity index (χ2n) is 8.17. The molecule has 32 heavy (non-hydrogen) atoms. The highest BCUT2D eigenvalue weighted by Crippen LogP contribution is 2.26. The molecule has 178 valence electrons. The minimum atomic E-state index is -0.111. The topological polar surface area (TPSA) is 42.2 Å². The van der Waals surface area contributed by atoms with Crippen LogP contribution in [0.3, 0.4) is 0 Å². The third-order valence-electron chi connectivity index (χ3n) is 5.49. The van der Waals surface area contributed by atoms with E-state index in [1.165, 1.54) is 57.8 Å². The summed E-state index contributed by atoms with van der Waals surface area (Å²) in [4.78, 5) is 12.3. The lowest BCUT2D eigenvalue weighted by Gasteiger charge is -2.10. The van der Waals surface area contributed by atoms with Gasteiger partial charge in [-0.1, -0.05) is 82.4 Å². The van der Waals surface area contributed by atoms with Crippen LogP contribution in [-0.4, -0.2) is 12.5 Å². The van der Waals surface area contributed by atoms with Gasteiger partial charge in [-0.3, -0.25) is 4.79 Å². The van der Waals surface area contributed by atoms with Gasteiger partial charge in [-0.25, -0.2) is 0 Å². The summed E-state index contributed by atoms with van der Waals surface area (Å²) >= 11 is 6.38. The van der Waals surface area contributed by atoms with Crippen molar-refractivity contribution in [1.29, 1.82) is 0 Å². The van der Waals surface area contributed by atoms with Crippen molar-refractivity contribution in [2.75, 3.05) is 6.61 Å². The Morgan fingerprint density at radius 3 is 2.25 bits per heavy atom. The molecule has 0 spiro atoms. The normalized spacial score (nSPS) is 10.5. The third-order valence-corrected chi connectivity index (χ3v) is 5.79. The Kier molecular flexibility index (Phi) is 15.4. The number of rotatable bonds is 15. The lowest BCUT2D eigenvalue weighted by molar-refractivity contribution is -0.673. The Hall–Kier alpha value is -1.34. The van der Waals surface area contributed by atoms with Crippen LogP contribution in [-0.2, 0) is 13.6 Å². The number of aryl methyl sites for hydroxylation is 1. The van der Waals surface area contributed by atoms with Crippen LogP contribution >= 0.6 is 11.6 Å². The van der Waals surface area contributed by atoms with Crippen LogP contribution < -0.4 is 38.6 Å². The molecule has 0 aliphatic carbocycles. The molecule has 6 heteroatoms. The maximum absolute atomic E-state index is 12.3. The summed E-state index contributed by atoms with van der Waals surface area (Å²) in [5, 5.41) is 3.52. The number of benzene rings is 1. The number of hydrogen-bond acceptors (Lipinski definition) is 2. The molecule has 0 radical (unpaired) electrons. The van der Waals surface area contributed by atoms with Crippen molar-refractivity contribution < 1.29 is 38.1 Å². The SMILES string of the molecule is CCCCCCCCCCCCOc1ccc(CNC(=O)c2cccc[n+]2C)cc1Cl.[I-]. The Bertz CT molecular complexity index is 801. The smallest absolute Gasteiger partial charge is 0.316 e. The van der Waals surface area contributed by atoms with E-state index >= 15 is 0 Å². The van der Waals surface area contributed by atoms with Gasteiger partial charge in [0.15, 0.2) is 6.20 Å². The van der Waals surface area contributed by atoms with Gasteiger partial charge in [-0.05, 0) is 30.2 Å². The molecule has 0 fully saturated rings. The number of carbonyl (C=O) groups is 1. The number of nitrogens with one attached hydrogen (secondary N) is 1. The van der Waals surface area contributed by atoms with Crippen molar-refractivity contribution in [2.45, 2.75) is 77.7 Å². The zero-order valence-electron chi connectivity index (χ0n) is 19.5. The van der Waals surface area contributed by atoms with Gasteiger partial charge in [0.1, 0.15) is 12.8 Å². The predicted molar refractivity (Wildman–Crippen MR) is 128 cm³/mol. The summed E-state index contributed by atoms with van der Waals surface area (Å²) in [6, 6.07) is 11.2. The van der Waals surface area contributed by atoms with Crippen LogP contribution in [0.4, 0.5) is 0 Å². The molecule has 1 N–H and O–H groups in total. The minimum Gasteiger partial charge on any atom is -1.00 e. The molecule has 0 aliphatic rings. The standard InChI is InChI=1S/C26H37ClN2O2.HI/c1-3-4-5-6-7-8-9-10-11-14-19-31-25-17-16-22(20-23(25)27)21-28-26(30)24-15-12-13-18-29(24)2;/h12-13,15-18,20H,3-11,14,19,21H2,1-2H3;1H. The second kappa shape index (κ2) is 17.2. The van der Waals surface area contributed by atoms with Gasteiger partial charge >= 0.3 is 5.91 Å². The molecule has 1 aromatic heterocycles. The molecule has 2 rings (SSSR count). The molecule has 1 aromatic carbocycles. The van der Waals surface area contributed by atoms with E-state index < -0.39 is 0 Å². The third kappa shape index (κ3) is 11.0. The van der Waals surface area contributed by atoms with Gasteiger partial charge in [0.05, 0.1) is 11.6 Å². The van der Waals surface area contributed by atoms with Crippen molar-refractivity contribution in [1.82, 2.24) is 5.32 Å². The quantitative estimate of drug-likeness (QED) is 0.202. The molecule has 0 saturated carbocycles. The minimum absolute atomic E-state index is 0. The van der Waals surface area contributed by atoms with Gasteiger partial charge in [0.25, 0.3) is 5.69 Å². The molecular formula is C26H38ClIN2O2. The van der Waals surface area contributed by atoms with Gasteiger partial charge in [0.2, 0.25) is 0 Å². The monoisotopic (exact) mass is 572 g/mol. The van der Waals surface area contributed by atoms with Crippen LogP contribution in [0.5, 0.6) is 5.75 Å². The first kappa shape index (κ1) is 28.7. The van der Waals surface area contributed by atoms with Crippen LogP contribution in [0, 0.1) is 0 Å². The van der Waals surface area contributed by atoms with E-state index in [1.54, 1.807) is 10.6 Å². The van der Waals surface area contributed by atoms with E-state index in [-0.39, 0.29) is 29.9 Å². The van der Waals surface area contributed by atoms with Gasteiger partial charge < -0.3 is 34.0 Å². The number of carbonyl (C=O) groups excluding carboxylic acids is 1. The van der Waals surface area contributed by atoms with E-state index in [4.69, 9.17) is 16.3 Å². The number of halogens is 2. The molecule has 1 amide bonds. The number of hydrogen-bond donors (Lipinski definition) is 1. The summed E-state index contributed by atoms with van der Waals surface area (Å²) in [5.41, 5.74) is 1.56. The van der Waals surface area contributed by atoms with Crippen molar-refractivity contribution in [3.05, 3.63) is 58.9 Å². The molecule has 0 atom stereocenters. The summed E-state index contributed by atoms with van der Waals surface area (Å²) in [6.07, 6.45) is 14.9. The second-order valence-corrected chi connectivity index (χ2v) is 8.58. The molecule has 0 unspecified atom stereocenters. The van der Waals surface area contributed by atoms with E-state index in [2.05, 4.69) is 12.2 Å². The molecule has 0 saturated heterocycles. The summed E-state index contributed by atoms with van der Waals surface area (Å²) in [7, 11) is 1.85. The number of nitrogens with zero attached hydrogens (tertiary/aromatic N) is 1. The lowest BCUT2D eigenvalue weighted by Crippen LogP contribution is -3.00. The zero-order valence-corrected chi connectivity index (χ0v) is 22.5. The number of unbranched alkanes of at least 4 members (excludes halogenated alkanes) is 9. The first-order chi connectivity index (χ1) is 15.1. The molecular weight excluding hydrogens is 535 g/mol. The average molecular weight is 573 g/mol. The Balaban J connectivity index is 0.00000512. The van der Waals surface area contributed by atoms with Gasteiger partial charge in [-0.2, -0.15) is 4.57 Å². The summed E-state index contributed by atoms with van der Waals surface area (Å²) in [5.74, 6) is 0.600. The van der Waals surface area contributed by atoms with Crippen molar-refractivity contribution in [3.63, 3.8) is 0 Å². The van der Waals surface area contributed by atoms with Crippen molar-refractivity contribution in [2.24, 2.45) is 7.05 Å². The maximum Gasteiger partial charge on any atom is 0.316 e. The Morgan fingerprint density at radius 1 is 0.969 bits per heavy atom. The number of aromatic nitrogens is 1. The average Bonchev–Trinajstić information content (AvgIpc) is 2.77. The van der Waals surface area contributed by atoms with Crippen LogP contribution in [0.15, 0.2) is 42.6 Å². The van der Waals surface area contributed by atoms with Crippen LogP contribution in [0.25, 0.3) is 0 Å². The molecule has 0 bridgehead atoms. The summed E-state index contributed by atoms with van der Waals surface area (Å²) in [6.45, 7) is 3.37. The number of ether oxygens (including phenoxy) is 1. The van der Waals surface area contributed by atoms with Crippen molar-refractivity contribution >= 4 is 17.5 Å². The maximum atomic E-state index is 12.3. The number of pyridine rings is 1. The molecule has 2 aromatic rings. The fourth-order valence-corrected chi connectivity index (χ4v) is 3.83. The van der Waals surface area contributed by atoms with Crippen LogP contribution in [0.1, 0.15) is 87.2 Å².